The molecule has 2 aromatic rings. The summed E-state index contributed by atoms with van der Waals surface area (Å²) in [6.07, 6.45) is 10.7. The van der Waals surface area contributed by atoms with Gasteiger partial charge in [0.1, 0.15) is 12.7 Å². The van der Waals surface area contributed by atoms with E-state index in [0.29, 0.717) is 18.6 Å². The summed E-state index contributed by atoms with van der Waals surface area (Å²) in [6.45, 7) is 5.59. The molecule has 22 heavy (non-hydrogen) atoms. The Labute approximate surface area is 127 Å². The van der Waals surface area contributed by atoms with Crippen LogP contribution >= 0.6 is 0 Å². The Balaban J connectivity index is 1.76. The van der Waals surface area contributed by atoms with Crippen molar-refractivity contribution < 1.29 is 14.3 Å². The number of nitrogens with zero attached hydrogens (tertiary/aromatic N) is 4. The zero-order valence-corrected chi connectivity index (χ0v) is 12.2. The van der Waals surface area contributed by atoms with Gasteiger partial charge >= 0.3 is 0 Å². The number of carbonyl (C=O) groups excluding carboxylic acids is 2. The molecule has 0 spiro atoms. The number of ether oxygens (including phenoxy) is 1. The van der Waals surface area contributed by atoms with Crippen LogP contribution in [0.5, 0.6) is 0 Å². The van der Waals surface area contributed by atoms with Crippen LogP contribution in [0.15, 0.2) is 55.7 Å². The van der Waals surface area contributed by atoms with Crippen molar-refractivity contribution in [3.63, 3.8) is 0 Å². The van der Waals surface area contributed by atoms with E-state index in [1.165, 1.54) is 40.3 Å². The molecule has 0 saturated carbocycles. The molecule has 7 nitrogen and oxygen atoms in total. The Morgan fingerprint density at radius 2 is 2.18 bits per heavy atom. The zero-order chi connectivity index (χ0) is 15.9. The van der Waals surface area contributed by atoms with Gasteiger partial charge in [-0.25, -0.2) is 9.97 Å². The average molecular weight is 300 g/mol. The highest BCUT2D eigenvalue weighted by Gasteiger charge is 2.07. The minimum atomic E-state index is -0.242. The number of rotatable bonds is 6. The van der Waals surface area contributed by atoms with Gasteiger partial charge in [0.2, 0.25) is 0 Å². The van der Waals surface area contributed by atoms with Crippen molar-refractivity contribution >= 4 is 11.8 Å². The number of allylic oxidation sites excluding steroid dienone is 2. The van der Waals surface area contributed by atoms with Gasteiger partial charge < -0.3 is 4.74 Å². The predicted octanol–water partition coefficient (Wildman–Crippen LogP) is 1.71. The number of hydrogen-bond donors (Lipinski definition) is 0. The summed E-state index contributed by atoms with van der Waals surface area (Å²) >= 11 is 0. The van der Waals surface area contributed by atoms with Gasteiger partial charge in [-0.05, 0) is 6.92 Å². The summed E-state index contributed by atoms with van der Waals surface area (Å²) in [4.78, 5) is 31.1. The molecular weight excluding hydrogens is 284 g/mol. The molecule has 0 bridgehead atoms. The largest absolute Gasteiger partial charge is 0.501 e. The first-order valence-corrected chi connectivity index (χ1v) is 6.61. The van der Waals surface area contributed by atoms with Gasteiger partial charge in [-0.2, -0.15) is 0 Å². The highest BCUT2D eigenvalue weighted by molar-refractivity contribution is 5.94. The number of hydrogen-bond acceptors (Lipinski definition) is 5. The van der Waals surface area contributed by atoms with Crippen molar-refractivity contribution in [2.24, 2.45) is 0 Å². The third-order valence-electron chi connectivity index (χ3n) is 2.78. The predicted molar refractivity (Wildman–Crippen MR) is 79.3 cm³/mol. The normalized spacial score (nSPS) is 10.8. The summed E-state index contributed by atoms with van der Waals surface area (Å²) in [5.74, 6) is -0.431. The summed E-state index contributed by atoms with van der Waals surface area (Å²) in [7, 11) is 0. The molecule has 0 aliphatic heterocycles. The Hall–Kier alpha value is -2.96. The van der Waals surface area contributed by atoms with Crippen LogP contribution in [0.25, 0.3) is 0 Å². The average Bonchev–Trinajstić information content (AvgIpc) is 3.17. The summed E-state index contributed by atoms with van der Waals surface area (Å²) in [5, 5.41) is 0. The maximum Gasteiger partial charge on any atom is 0.258 e. The van der Waals surface area contributed by atoms with Crippen LogP contribution in [0.4, 0.5) is 0 Å². The molecule has 2 heterocycles. The Bertz CT molecular complexity index is 698. The van der Waals surface area contributed by atoms with E-state index >= 15 is 0 Å². The van der Waals surface area contributed by atoms with Gasteiger partial charge in [0, 0.05) is 36.7 Å². The van der Waals surface area contributed by atoms with Crippen LogP contribution in [0.2, 0.25) is 0 Å². The third-order valence-corrected chi connectivity index (χ3v) is 2.78. The molecule has 0 N–H and O–H groups in total. The van der Waals surface area contributed by atoms with Crippen molar-refractivity contribution in [1.82, 2.24) is 19.1 Å². The molecule has 7 heteroatoms. The van der Waals surface area contributed by atoms with Crippen LogP contribution in [0, 0.1) is 0 Å². The monoisotopic (exact) mass is 300 g/mol. The van der Waals surface area contributed by atoms with E-state index in [2.05, 4.69) is 16.5 Å². The second-order valence-corrected chi connectivity index (χ2v) is 4.59. The Morgan fingerprint density at radius 1 is 1.36 bits per heavy atom. The fourth-order valence-corrected chi connectivity index (χ4v) is 1.64. The van der Waals surface area contributed by atoms with E-state index in [0.717, 1.165) is 5.69 Å². The highest BCUT2D eigenvalue weighted by atomic mass is 16.5. The number of carbonyl (C=O) groups is 2. The standard InChI is InChI=1S/C15H16N4O3/c1-12(2)15(21)19-9-13(17-11-19)3-7-22-8-4-14(20)18-6-5-16-10-18/h4-6,8-11H,1,3,7H2,2H3/b8-4+. The van der Waals surface area contributed by atoms with E-state index in [4.69, 9.17) is 4.74 Å². The Kier molecular flexibility index (Phi) is 5.02. The molecule has 0 fully saturated rings. The molecule has 0 saturated heterocycles. The number of aromatic nitrogens is 4. The second kappa shape index (κ2) is 7.16. The minimum Gasteiger partial charge on any atom is -0.501 e. The summed E-state index contributed by atoms with van der Waals surface area (Å²) < 4.78 is 7.96. The van der Waals surface area contributed by atoms with Gasteiger partial charge in [-0.15, -0.1) is 0 Å². The first-order chi connectivity index (χ1) is 10.6. The molecule has 2 rings (SSSR count). The number of imidazole rings is 2. The zero-order valence-electron chi connectivity index (χ0n) is 12.2. The molecular formula is C15H16N4O3. The molecule has 0 atom stereocenters. The molecule has 0 aliphatic carbocycles. The fourth-order valence-electron chi connectivity index (χ4n) is 1.64. The molecule has 2 aromatic heterocycles. The smallest absolute Gasteiger partial charge is 0.258 e. The van der Waals surface area contributed by atoms with E-state index in [9.17, 15) is 9.59 Å². The lowest BCUT2D eigenvalue weighted by atomic mass is 10.3. The van der Waals surface area contributed by atoms with E-state index in [-0.39, 0.29) is 11.8 Å². The van der Waals surface area contributed by atoms with Crippen LogP contribution in [-0.4, -0.2) is 37.5 Å². The second-order valence-electron chi connectivity index (χ2n) is 4.59. The van der Waals surface area contributed by atoms with Crippen molar-refractivity contribution in [2.75, 3.05) is 6.61 Å². The van der Waals surface area contributed by atoms with E-state index in [1.807, 2.05) is 0 Å². The lowest BCUT2D eigenvalue weighted by Crippen LogP contribution is -2.08. The summed E-state index contributed by atoms with van der Waals surface area (Å²) in [5.41, 5.74) is 1.17. The van der Waals surface area contributed by atoms with Gasteiger partial charge in [0.25, 0.3) is 11.8 Å². The Morgan fingerprint density at radius 3 is 2.86 bits per heavy atom. The van der Waals surface area contributed by atoms with Gasteiger partial charge in [-0.1, -0.05) is 6.58 Å². The van der Waals surface area contributed by atoms with Gasteiger partial charge in [-0.3, -0.25) is 18.7 Å². The SMILES string of the molecule is C=C(C)C(=O)n1cnc(CCO/C=C/C(=O)n2ccnc2)c1. The molecule has 114 valence electrons. The fraction of sp³-hybridized carbons (Fsp3) is 0.200. The van der Waals surface area contributed by atoms with Crippen molar-refractivity contribution in [3.05, 3.63) is 61.4 Å². The molecule has 0 amide bonds. The molecule has 0 aliphatic rings. The molecule has 0 radical (unpaired) electrons. The van der Waals surface area contributed by atoms with Crippen molar-refractivity contribution in [2.45, 2.75) is 13.3 Å². The van der Waals surface area contributed by atoms with Crippen molar-refractivity contribution in [1.29, 1.82) is 0 Å². The third kappa shape index (κ3) is 4.02. The quantitative estimate of drug-likeness (QED) is 0.461. The lowest BCUT2D eigenvalue weighted by molar-refractivity contribution is 0.0950. The topological polar surface area (TPSA) is 79.0 Å². The molecule has 0 aromatic carbocycles. The minimum absolute atomic E-state index is 0.189. The van der Waals surface area contributed by atoms with Crippen LogP contribution in [0.3, 0.4) is 0 Å². The lowest BCUT2D eigenvalue weighted by Gasteiger charge is -1.99. The van der Waals surface area contributed by atoms with Gasteiger partial charge in [0.15, 0.2) is 0 Å². The molecule has 0 unspecified atom stereocenters. The maximum absolute atomic E-state index is 11.7. The van der Waals surface area contributed by atoms with Crippen molar-refractivity contribution in [3.8, 4) is 0 Å². The van der Waals surface area contributed by atoms with E-state index < -0.39 is 0 Å². The van der Waals surface area contributed by atoms with Crippen LogP contribution in [-0.2, 0) is 11.2 Å². The van der Waals surface area contributed by atoms with E-state index in [1.54, 1.807) is 19.3 Å². The highest BCUT2D eigenvalue weighted by Crippen LogP contribution is 2.02. The van der Waals surface area contributed by atoms with Gasteiger partial charge in [0.05, 0.1) is 18.6 Å². The summed E-state index contributed by atoms with van der Waals surface area (Å²) in [6, 6.07) is 0. The van der Waals surface area contributed by atoms with Crippen LogP contribution in [0.1, 0.15) is 22.2 Å². The maximum atomic E-state index is 11.7. The first-order valence-electron chi connectivity index (χ1n) is 6.61. The van der Waals surface area contributed by atoms with Crippen LogP contribution < -0.4 is 0 Å². The first kappa shape index (κ1) is 15.4.